The molecule has 1 fully saturated rings. The maximum Gasteiger partial charge on any atom is 0.0807 e. The third-order valence-electron chi connectivity index (χ3n) is 4.46. The fourth-order valence-electron chi connectivity index (χ4n) is 3.17. The number of hydrogen-bond acceptors (Lipinski definition) is 3. The van der Waals surface area contributed by atoms with Gasteiger partial charge in [0.25, 0.3) is 0 Å². The lowest BCUT2D eigenvalue weighted by molar-refractivity contribution is -0.0976. The summed E-state index contributed by atoms with van der Waals surface area (Å²) in [7, 11) is 2.02. The summed E-state index contributed by atoms with van der Waals surface area (Å²) in [5.74, 6) is 0.827. The minimum absolute atomic E-state index is 0.0353. The number of hydrogen-bond donors (Lipinski definition) is 1. The molecule has 3 nitrogen and oxygen atoms in total. The second-order valence-electron chi connectivity index (χ2n) is 6.90. The Morgan fingerprint density at radius 3 is 2.26 bits per heavy atom. The van der Waals surface area contributed by atoms with E-state index in [1.165, 1.54) is 25.7 Å². The van der Waals surface area contributed by atoms with E-state index < -0.39 is 0 Å². The lowest BCUT2D eigenvalue weighted by Crippen LogP contribution is -2.47. The molecule has 0 aromatic carbocycles. The molecule has 0 unspecified atom stereocenters. The van der Waals surface area contributed by atoms with Gasteiger partial charge < -0.3 is 14.8 Å². The second kappa shape index (κ2) is 7.61. The van der Waals surface area contributed by atoms with Crippen LogP contribution in [0.5, 0.6) is 0 Å². The van der Waals surface area contributed by atoms with Gasteiger partial charge in [0.1, 0.15) is 0 Å². The normalized spacial score (nSPS) is 28.6. The monoisotopic (exact) mass is 271 g/mol. The van der Waals surface area contributed by atoms with Gasteiger partial charge in [-0.15, -0.1) is 0 Å². The third-order valence-corrected chi connectivity index (χ3v) is 4.46. The molecule has 1 aliphatic rings. The van der Waals surface area contributed by atoms with Crippen LogP contribution in [0.15, 0.2) is 0 Å². The summed E-state index contributed by atoms with van der Waals surface area (Å²) in [5, 5.41) is 3.31. The SMILES string of the molecule is CCOCCOC1(CNC)CCC(C(C)(C)C)CC1. The number of likely N-dealkylation sites (N-methyl/N-ethyl adjacent to an activating group) is 1. The highest BCUT2D eigenvalue weighted by Crippen LogP contribution is 2.42. The van der Waals surface area contributed by atoms with Crippen LogP contribution < -0.4 is 5.32 Å². The summed E-state index contributed by atoms with van der Waals surface area (Å²) < 4.78 is 11.6. The van der Waals surface area contributed by atoms with E-state index in [9.17, 15) is 0 Å². The predicted octanol–water partition coefficient (Wildman–Crippen LogP) is 3.23. The van der Waals surface area contributed by atoms with Gasteiger partial charge in [-0.1, -0.05) is 20.8 Å². The lowest BCUT2D eigenvalue weighted by Gasteiger charge is -2.44. The molecule has 1 N–H and O–H groups in total. The zero-order valence-corrected chi connectivity index (χ0v) is 13.6. The first kappa shape index (κ1) is 16.9. The van der Waals surface area contributed by atoms with E-state index in [-0.39, 0.29) is 5.60 Å². The predicted molar refractivity (Wildman–Crippen MR) is 80.5 cm³/mol. The lowest BCUT2D eigenvalue weighted by atomic mass is 9.68. The Bertz CT molecular complexity index is 240. The minimum Gasteiger partial charge on any atom is -0.379 e. The quantitative estimate of drug-likeness (QED) is 0.721. The Hall–Kier alpha value is -0.120. The fraction of sp³-hybridized carbons (Fsp3) is 1.00. The molecule has 0 aliphatic heterocycles. The first-order chi connectivity index (χ1) is 8.93. The van der Waals surface area contributed by atoms with Gasteiger partial charge in [0.2, 0.25) is 0 Å². The number of nitrogens with one attached hydrogen (secondary N) is 1. The maximum atomic E-state index is 6.19. The van der Waals surface area contributed by atoms with Crippen molar-refractivity contribution >= 4 is 0 Å². The Labute approximate surface area is 119 Å². The van der Waals surface area contributed by atoms with Gasteiger partial charge in [0, 0.05) is 13.2 Å². The van der Waals surface area contributed by atoms with Crippen molar-refractivity contribution in [3.05, 3.63) is 0 Å². The van der Waals surface area contributed by atoms with Gasteiger partial charge in [0.05, 0.1) is 18.8 Å². The molecule has 19 heavy (non-hydrogen) atoms. The molecule has 0 spiro atoms. The molecule has 0 heterocycles. The standard InChI is InChI=1S/C16H33NO2/c1-6-18-11-12-19-16(13-17-5)9-7-14(8-10-16)15(2,3)4/h14,17H,6-13H2,1-5H3. The van der Waals surface area contributed by atoms with Crippen molar-refractivity contribution < 1.29 is 9.47 Å². The van der Waals surface area contributed by atoms with E-state index in [0.717, 1.165) is 25.7 Å². The summed E-state index contributed by atoms with van der Waals surface area (Å²) in [6.07, 6.45) is 4.89. The van der Waals surface area contributed by atoms with Crippen LogP contribution >= 0.6 is 0 Å². The minimum atomic E-state index is 0.0353. The summed E-state index contributed by atoms with van der Waals surface area (Å²) in [6.45, 7) is 12.3. The van der Waals surface area contributed by atoms with Crippen molar-refractivity contribution in [2.45, 2.75) is 59.0 Å². The highest BCUT2D eigenvalue weighted by molar-refractivity contribution is 4.91. The van der Waals surface area contributed by atoms with Crippen LogP contribution in [0.25, 0.3) is 0 Å². The highest BCUT2D eigenvalue weighted by atomic mass is 16.5. The Kier molecular flexibility index (Phi) is 6.78. The van der Waals surface area contributed by atoms with Gasteiger partial charge in [0.15, 0.2) is 0 Å². The average Bonchev–Trinajstić information content (AvgIpc) is 2.35. The van der Waals surface area contributed by atoms with Crippen molar-refractivity contribution in [3.63, 3.8) is 0 Å². The zero-order valence-electron chi connectivity index (χ0n) is 13.6. The first-order valence-electron chi connectivity index (χ1n) is 7.80. The van der Waals surface area contributed by atoms with Gasteiger partial charge in [-0.05, 0) is 51.0 Å². The van der Waals surface area contributed by atoms with Crippen molar-refractivity contribution in [3.8, 4) is 0 Å². The van der Waals surface area contributed by atoms with Crippen LogP contribution in [0, 0.1) is 11.3 Å². The Morgan fingerprint density at radius 1 is 1.16 bits per heavy atom. The van der Waals surface area contributed by atoms with Crippen LogP contribution in [0.2, 0.25) is 0 Å². The van der Waals surface area contributed by atoms with Crippen LogP contribution in [-0.2, 0) is 9.47 Å². The summed E-state index contributed by atoms with van der Waals surface area (Å²) in [6, 6.07) is 0. The van der Waals surface area contributed by atoms with Crippen molar-refractivity contribution in [1.29, 1.82) is 0 Å². The van der Waals surface area contributed by atoms with Crippen molar-refractivity contribution in [2.75, 3.05) is 33.4 Å². The third kappa shape index (κ3) is 5.41. The van der Waals surface area contributed by atoms with Crippen molar-refractivity contribution in [2.24, 2.45) is 11.3 Å². The van der Waals surface area contributed by atoms with E-state index in [1.807, 2.05) is 14.0 Å². The smallest absolute Gasteiger partial charge is 0.0807 e. The van der Waals surface area contributed by atoms with E-state index in [0.29, 0.717) is 12.0 Å². The summed E-state index contributed by atoms with van der Waals surface area (Å²) >= 11 is 0. The molecule has 0 aromatic rings. The maximum absolute atomic E-state index is 6.19. The Morgan fingerprint density at radius 2 is 1.79 bits per heavy atom. The van der Waals surface area contributed by atoms with Gasteiger partial charge >= 0.3 is 0 Å². The van der Waals surface area contributed by atoms with Crippen LogP contribution in [-0.4, -0.2) is 39.0 Å². The molecule has 0 radical (unpaired) electrons. The highest BCUT2D eigenvalue weighted by Gasteiger charge is 2.38. The molecular formula is C16H33NO2. The summed E-state index contributed by atoms with van der Waals surface area (Å²) in [5.41, 5.74) is 0.463. The van der Waals surface area contributed by atoms with Crippen LogP contribution in [0.1, 0.15) is 53.4 Å². The molecule has 0 aromatic heterocycles. The molecule has 1 aliphatic carbocycles. The fourth-order valence-corrected chi connectivity index (χ4v) is 3.17. The number of ether oxygens (including phenoxy) is 2. The molecular weight excluding hydrogens is 238 g/mol. The van der Waals surface area contributed by atoms with Crippen LogP contribution in [0.4, 0.5) is 0 Å². The molecule has 0 bridgehead atoms. The molecule has 0 amide bonds. The van der Waals surface area contributed by atoms with Gasteiger partial charge in [-0.3, -0.25) is 0 Å². The van der Waals surface area contributed by atoms with Crippen LogP contribution in [0.3, 0.4) is 0 Å². The topological polar surface area (TPSA) is 30.5 Å². The van der Waals surface area contributed by atoms with E-state index in [1.54, 1.807) is 0 Å². The van der Waals surface area contributed by atoms with Gasteiger partial charge in [-0.2, -0.15) is 0 Å². The largest absolute Gasteiger partial charge is 0.379 e. The molecule has 114 valence electrons. The van der Waals surface area contributed by atoms with Crippen molar-refractivity contribution in [1.82, 2.24) is 5.32 Å². The molecule has 0 atom stereocenters. The first-order valence-corrected chi connectivity index (χ1v) is 7.80. The van der Waals surface area contributed by atoms with Gasteiger partial charge in [-0.25, -0.2) is 0 Å². The molecule has 1 rings (SSSR count). The zero-order chi connectivity index (χ0) is 14.4. The van der Waals surface area contributed by atoms with E-state index >= 15 is 0 Å². The molecule has 0 saturated heterocycles. The van der Waals surface area contributed by atoms with E-state index in [2.05, 4.69) is 26.1 Å². The molecule has 1 saturated carbocycles. The summed E-state index contributed by atoms with van der Waals surface area (Å²) in [4.78, 5) is 0. The Balaban J connectivity index is 2.46. The second-order valence-corrected chi connectivity index (χ2v) is 6.90. The van der Waals surface area contributed by atoms with E-state index in [4.69, 9.17) is 9.47 Å². The number of rotatable bonds is 7. The average molecular weight is 271 g/mol. The molecule has 3 heteroatoms.